The molecule has 13 heavy (non-hydrogen) atoms. The standard InChI is InChI=1S/C7H8FN3O2/c8-5-1-2-6(11(12)13)7(10)4(5)3-9/h1-2H,3,9-10H2. The van der Waals surface area contributed by atoms with Crippen molar-refractivity contribution in [2.75, 3.05) is 5.73 Å². The summed E-state index contributed by atoms with van der Waals surface area (Å²) in [5, 5.41) is 10.4. The number of nitrogens with two attached hydrogens (primary N) is 2. The third kappa shape index (κ3) is 1.57. The van der Waals surface area contributed by atoms with Crippen molar-refractivity contribution < 1.29 is 9.31 Å². The van der Waals surface area contributed by atoms with Crippen LogP contribution in [0.15, 0.2) is 12.1 Å². The summed E-state index contributed by atoms with van der Waals surface area (Å²) in [7, 11) is 0. The van der Waals surface area contributed by atoms with Gasteiger partial charge in [0.15, 0.2) is 0 Å². The lowest BCUT2D eigenvalue weighted by molar-refractivity contribution is -0.384. The molecule has 0 saturated carbocycles. The lowest BCUT2D eigenvalue weighted by Crippen LogP contribution is -2.07. The van der Waals surface area contributed by atoms with E-state index in [1.54, 1.807) is 0 Å². The lowest BCUT2D eigenvalue weighted by atomic mass is 10.1. The van der Waals surface area contributed by atoms with Crippen LogP contribution in [-0.4, -0.2) is 4.92 Å². The van der Waals surface area contributed by atoms with Gasteiger partial charge in [-0.3, -0.25) is 10.1 Å². The minimum Gasteiger partial charge on any atom is -0.393 e. The van der Waals surface area contributed by atoms with Crippen molar-refractivity contribution in [2.45, 2.75) is 6.54 Å². The number of rotatable bonds is 2. The summed E-state index contributed by atoms with van der Waals surface area (Å²) in [5.74, 6) is -0.620. The molecule has 6 heteroatoms. The molecular formula is C7H8FN3O2. The van der Waals surface area contributed by atoms with Gasteiger partial charge in [0.1, 0.15) is 11.5 Å². The first-order valence-electron chi connectivity index (χ1n) is 3.49. The minimum atomic E-state index is -0.673. The van der Waals surface area contributed by atoms with Gasteiger partial charge < -0.3 is 11.5 Å². The van der Waals surface area contributed by atoms with Crippen molar-refractivity contribution in [1.29, 1.82) is 0 Å². The molecule has 0 bridgehead atoms. The van der Waals surface area contributed by atoms with E-state index in [9.17, 15) is 14.5 Å². The Kier molecular flexibility index (Phi) is 2.43. The van der Waals surface area contributed by atoms with E-state index in [1.165, 1.54) is 0 Å². The van der Waals surface area contributed by atoms with E-state index in [2.05, 4.69) is 0 Å². The Morgan fingerprint density at radius 2 is 2.15 bits per heavy atom. The zero-order valence-corrected chi connectivity index (χ0v) is 6.66. The van der Waals surface area contributed by atoms with Crippen LogP contribution in [0.3, 0.4) is 0 Å². The van der Waals surface area contributed by atoms with Gasteiger partial charge in [-0.15, -0.1) is 0 Å². The average molecular weight is 185 g/mol. The predicted molar refractivity (Wildman–Crippen MR) is 45.4 cm³/mol. The molecule has 0 spiro atoms. The fourth-order valence-electron chi connectivity index (χ4n) is 0.992. The summed E-state index contributed by atoms with van der Waals surface area (Å²) >= 11 is 0. The number of halogens is 1. The molecule has 0 aromatic heterocycles. The molecule has 0 amide bonds. The Balaban J connectivity index is 3.35. The van der Waals surface area contributed by atoms with Crippen LogP contribution in [0.5, 0.6) is 0 Å². The molecule has 0 aliphatic rings. The molecule has 70 valence electrons. The highest BCUT2D eigenvalue weighted by Crippen LogP contribution is 2.26. The van der Waals surface area contributed by atoms with Crippen LogP contribution in [0, 0.1) is 15.9 Å². The molecular weight excluding hydrogens is 177 g/mol. The molecule has 0 atom stereocenters. The van der Waals surface area contributed by atoms with Crippen molar-refractivity contribution in [2.24, 2.45) is 5.73 Å². The monoisotopic (exact) mass is 185 g/mol. The van der Waals surface area contributed by atoms with E-state index in [-0.39, 0.29) is 23.5 Å². The minimum absolute atomic E-state index is 0.0193. The Bertz CT molecular complexity index is 354. The van der Waals surface area contributed by atoms with Gasteiger partial charge in [-0.2, -0.15) is 0 Å². The normalized spacial score (nSPS) is 10.0. The molecule has 0 aliphatic heterocycles. The molecule has 1 aromatic carbocycles. The van der Waals surface area contributed by atoms with Crippen LogP contribution in [-0.2, 0) is 6.54 Å². The number of nitro groups is 1. The largest absolute Gasteiger partial charge is 0.393 e. The number of nitrogen functional groups attached to an aromatic ring is 1. The fraction of sp³-hybridized carbons (Fsp3) is 0.143. The van der Waals surface area contributed by atoms with Crippen molar-refractivity contribution in [1.82, 2.24) is 0 Å². The van der Waals surface area contributed by atoms with Crippen LogP contribution < -0.4 is 11.5 Å². The Morgan fingerprint density at radius 1 is 1.54 bits per heavy atom. The third-order valence-corrected chi connectivity index (χ3v) is 1.68. The van der Waals surface area contributed by atoms with Crippen LogP contribution in [0.1, 0.15) is 5.56 Å². The van der Waals surface area contributed by atoms with Crippen molar-refractivity contribution in [3.8, 4) is 0 Å². The van der Waals surface area contributed by atoms with Gasteiger partial charge in [-0.05, 0) is 6.07 Å². The average Bonchev–Trinajstić information content (AvgIpc) is 2.04. The highest BCUT2D eigenvalue weighted by Gasteiger charge is 2.16. The zero-order chi connectivity index (χ0) is 10.0. The van der Waals surface area contributed by atoms with Gasteiger partial charge in [-0.25, -0.2) is 4.39 Å². The first-order chi connectivity index (χ1) is 6.07. The first-order valence-corrected chi connectivity index (χ1v) is 3.49. The SMILES string of the molecule is NCc1c(F)ccc([N+](=O)[O-])c1N. The van der Waals surface area contributed by atoms with Gasteiger partial charge in [-0.1, -0.05) is 0 Å². The number of benzene rings is 1. The second-order valence-electron chi connectivity index (χ2n) is 2.42. The summed E-state index contributed by atoms with van der Waals surface area (Å²) in [6.07, 6.45) is 0. The summed E-state index contributed by atoms with van der Waals surface area (Å²) in [6.45, 7) is -0.153. The van der Waals surface area contributed by atoms with Gasteiger partial charge in [0.2, 0.25) is 0 Å². The lowest BCUT2D eigenvalue weighted by Gasteiger charge is -2.03. The van der Waals surface area contributed by atoms with E-state index in [0.29, 0.717) is 0 Å². The van der Waals surface area contributed by atoms with E-state index in [1.807, 2.05) is 0 Å². The maximum atomic E-state index is 12.9. The van der Waals surface area contributed by atoms with Gasteiger partial charge in [0.05, 0.1) is 4.92 Å². The molecule has 5 nitrogen and oxygen atoms in total. The Labute approximate surface area is 73.3 Å². The molecule has 0 heterocycles. The molecule has 0 radical (unpaired) electrons. The fourth-order valence-corrected chi connectivity index (χ4v) is 0.992. The topological polar surface area (TPSA) is 95.2 Å². The molecule has 0 aliphatic carbocycles. The smallest absolute Gasteiger partial charge is 0.292 e. The van der Waals surface area contributed by atoms with Crippen LogP contribution in [0.4, 0.5) is 15.8 Å². The summed E-state index contributed by atoms with van der Waals surface area (Å²) < 4.78 is 12.9. The Hall–Kier alpha value is -1.69. The van der Waals surface area contributed by atoms with Gasteiger partial charge in [0, 0.05) is 18.2 Å². The van der Waals surface area contributed by atoms with E-state index < -0.39 is 10.7 Å². The van der Waals surface area contributed by atoms with Crippen molar-refractivity contribution >= 4 is 11.4 Å². The van der Waals surface area contributed by atoms with Gasteiger partial charge >= 0.3 is 0 Å². The van der Waals surface area contributed by atoms with Crippen LogP contribution in [0.2, 0.25) is 0 Å². The number of nitro benzene ring substituents is 1. The second-order valence-corrected chi connectivity index (χ2v) is 2.42. The summed E-state index contributed by atoms with van der Waals surface area (Å²) in [6, 6.07) is 2.00. The van der Waals surface area contributed by atoms with E-state index >= 15 is 0 Å². The number of hydrogen-bond donors (Lipinski definition) is 2. The highest BCUT2D eigenvalue weighted by molar-refractivity contribution is 5.63. The first kappa shape index (κ1) is 9.40. The number of hydrogen-bond acceptors (Lipinski definition) is 4. The van der Waals surface area contributed by atoms with Crippen LogP contribution >= 0.6 is 0 Å². The van der Waals surface area contributed by atoms with Crippen molar-refractivity contribution in [3.05, 3.63) is 33.6 Å². The predicted octanol–water partition coefficient (Wildman–Crippen LogP) is 0.775. The summed E-state index contributed by atoms with van der Waals surface area (Å²) in [5.41, 5.74) is 9.97. The third-order valence-electron chi connectivity index (χ3n) is 1.68. The molecule has 4 N–H and O–H groups in total. The number of anilines is 1. The zero-order valence-electron chi connectivity index (χ0n) is 6.66. The molecule has 1 aromatic rings. The molecule has 0 saturated heterocycles. The van der Waals surface area contributed by atoms with E-state index in [0.717, 1.165) is 12.1 Å². The van der Waals surface area contributed by atoms with Gasteiger partial charge in [0.25, 0.3) is 5.69 Å². The van der Waals surface area contributed by atoms with Crippen molar-refractivity contribution in [3.63, 3.8) is 0 Å². The molecule has 0 fully saturated rings. The number of nitrogens with zero attached hydrogens (tertiary/aromatic N) is 1. The van der Waals surface area contributed by atoms with Crippen LogP contribution in [0.25, 0.3) is 0 Å². The quantitative estimate of drug-likeness (QED) is 0.404. The second kappa shape index (κ2) is 3.36. The summed E-state index contributed by atoms with van der Waals surface area (Å²) in [4.78, 5) is 9.69. The molecule has 0 unspecified atom stereocenters. The molecule has 1 rings (SSSR count). The van der Waals surface area contributed by atoms with E-state index in [4.69, 9.17) is 11.5 Å². The Morgan fingerprint density at radius 3 is 2.62 bits per heavy atom. The maximum Gasteiger partial charge on any atom is 0.292 e. The maximum absolute atomic E-state index is 12.9. The highest BCUT2D eigenvalue weighted by atomic mass is 19.1.